The van der Waals surface area contributed by atoms with Crippen molar-refractivity contribution < 1.29 is 38.1 Å². The lowest BCUT2D eigenvalue weighted by Crippen LogP contribution is -2.47. The molecule has 1 aliphatic heterocycles. The van der Waals surface area contributed by atoms with Crippen molar-refractivity contribution in [1.82, 2.24) is 20.7 Å². The molecule has 12 heteroatoms. The summed E-state index contributed by atoms with van der Waals surface area (Å²) in [5.41, 5.74) is -0.370. The van der Waals surface area contributed by atoms with Gasteiger partial charge in [0, 0.05) is 58.1 Å². The summed E-state index contributed by atoms with van der Waals surface area (Å²) in [5.74, 6) is -2.59. The summed E-state index contributed by atoms with van der Waals surface area (Å²) < 4.78 is 31.5. The van der Waals surface area contributed by atoms with Crippen LogP contribution in [0.4, 0.5) is 8.78 Å². The molecule has 1 atom stereocenters. The van der Waals surface area contributed by atoms with Crippen LogP contribution in [0.3, 0.4) is 0 Å². The Labute approximate surface area is 209 Å². The van der Waals surface area contributed by atoms with E-state index in [0.29, 0.717) is 19.8 Å². The lowest BCUT2D eigenvalue weighted by atomic mass is 10.0. The second-order valence-electron chi connectivity index (χ2n) is 7.82. The number of nitrogens with one attached hydrogen (secondary N) is 2. The Morgan fingerprint density at radius 1 is 1.28 bits per heavy atom. The molecule has 0 aromatic carbocycles. The second kappa shape index (κ2) is 16.3. The molecular weight excluding hydrogens is 478 g/mol. The second-order valence-corrected chi connectivity index (χ2v) is 7.82. The Hall–Kier alpha value is -3.35. The molecule has 1 saturated heterocycles. The van der Waals surface area contributed by atoms with Crippen LogP contribution in [0.2, 0.25) is 0 Å². The van der Waals surface area contributed by atoms with Crippen LogP contribution in [0.5, 0.6) is 0 Å². The number of ether oxygens (including phenoxy) is 1. The van der Waals surface area contributed by atoms with Gasteiger partial charge in [-0.05, 0) is 31.8 Å². The van der Waals surface area contributed by atoms with Crippen molar-refractivity contribution in [2.24, 2.45) is 5.92 Å². The Balaban J connectivity index is 3.09. The van der Waals surface area contributed by atoms with Gasteiger partial charge in [-0.2, -0.15) is 0 Å². The van der Waals surface area contributed by atoms with E-state index in [1.165, 1.54) is 20.9 Å². The first-order valence-corrected chi connectivity index (χ1v) is 11.3. The molecule has 0 saturated carbocycles. The molecule has 0 radical (unpaired) electrons. The molecule has 0 aromatic rings. The van der Waals surface area contributed by atoms with E-state index in [1.807, 2.05) is 0 Å². The topological polar surface area (TPSA) is 131 Å². The highest BCUT2D eigenvalue weighted by Gasteiger charge is 2.27. The van der Waals surface area contributed by atoms with Crippen LogP contribution in [-0.2, 0) is 19.1 Å². The van der Waals surface area contributed by atoms with E-state index in [-0.39, 0.29) is 36.3 Å². The number of halogens is 2. The number of aliphatic hydroxyl groups is 2. The lowest BCUT2D eigenvalue weighted by Gasteiger charge is -2.34. The van der Waals surface area contributed by atoms with Crippen LogP contribution < -0.4 is 10.6 Å². The van der Waals surface area contributed by atoms with E-state index < -0.39 is 29.6 Å². The molecule has 0 aliphatic carbocycles. The monoisotopic (exact) mass is 512 g/mol. The van der Waals surface area contributed by atoms with E-state index in [9.17, 15) is 33.4 Å². The van der Waals surface area contributed by atoms with E-state index in [0.717, 1.165) is 53.4 Å². The van der Waals surface area contributed by atoms with Gasteiger partial charge >= 0.3 is 0 Å². The van der Waals surface area contributed by atoms with Crippen molar-refractivity contribution >= 4 is 18.1 Å². The lowest BCUT2D eigenvalue weighted by molar-refractivity contribution is -0.138. The zero-order valence-corrected chi connectivity index (χ0v) is 20.6. The Bertz CT molecular complexity index is 910. The third-order valence-corrected chi connectivity index (χ3v) is 5.35. The number of carbonyl (C=O) groups is 3. The fraction of sp³-hybridized carbons (Fsp3) is 0.458. The van der Waals surface area contributed by atoms with Gasteiger partial charge in [-0.3, -0.25) is 29.7 Å². The van der Waals surface area contributed by atoms with Crippen molar-refractivity contribution in [2.45, 2.75) is 32.9 Å². The SMILES string of the molecule is C\C=C(F)/C(=C\C=C\F)CNC(=O)/C=C/N(/C(=C(/O)C=O)C(O)NCC1CCOCC1)N(C)C(C)=O. The standard InChI is InChI=1S/C24H34F2N4O6/c1-4-20(26)19(6-5-10-25)15-27-22(34)7-11-30(29(3)17(2)32)23(21(33)16-31)24(35)28-14-18-8-12-36-13-9-18/h4-7,10-11,16,18,24,28,33,35H,8-9,12-15H2,1-3H3,(H,27,34)/b10-5+,11-7+,19-6-,20-4+,23-21+. The van der Waals surface area contributed by atoms with E-state index in [1.54, 1.807) is 0 Å². The maximum atomic E-state index is 13.9. The molecule has 2 amide bonds. The van der Waals surface area contributed by atoms with Crippen LogP contribution in [0.15, 0.2) is 59.7 Å². The summed E-state index contributed by atoms with van der Waals surface area (Å²) in [5, 5.41) is 28.1. The van der Waals surface area contributed by atoms with E-state index in [2.05, 4.69) is 10.6 Å². The molecule has 0 aromatic heterocycles. The zero-order chi connectivity index (χ0) is 27.1. The third kappa shape index (κ3) is 10.1. The van der Waals surface area contributed by atoms with Gasteiger partial charge in [-0.25, -0.2) is 8.78 Å². The number of allylic oxidation sites excluding steroid dienone is 4. The predicted molar refractivity (Wildman–Crippen MR) is 129 cm³/mol. The first kappa shape index (κ1) is 30.7. The van der Waals surface area contributed by atoms with Gasteiger partial charge in [0.05, 0.1) is 6.33 Å². The van der Waals surface area contributed by atoms with Gasteiger partial charge in [0.2, 0.25) is 11.8 Å². The number of carbonyl (C=O) groups excluding carboxylic acids is 3. The summed E-state index contributed by atoms with van der Waals surface area (Å²) in [6.07, 6.45) is 5.56. The molecular formula is C24H34F2N4O6. The highest BCUT2D eigenvalue weighted by molar-refractivity contribution is 5.87. The van der Waals surface area contributed by atoms with Gasteiger partial charge in [-0.1, -0.05) is 12.2 Å². The summed E-state index contributed by atoms with van der Waals surface area (Å²) in [7, 11) is 1.30. The largest absolute Gasteiger partial charge is 0.503 e. The first-order chi connectivity index (χ1) is 17.2. The van der Waals surface area contributed by atoms with Crippen LogP contribution in [0, 0.1) is 5.92 Å². The summed E-state index contributed by atoms with van der Waals surface area (Å²) in [6.45, 7) is 3.88. The van der Waals surface area contributed by atoms with E-state index in [4.69, 9.17) is 4.74 Å². The van der Waals surface area contributed by atoms with E-state index >= 15 is 0 Å². The smallest absolute Gasteiger partial charge is 0.245 e. The number of hydrazine groups is 1. The molecule has 1 heterocycles. The number of amides is 2. The van der Waals surface area contributed by atoms with Crippen molar-refractivity contribution in [3.8, 4) is 0 Å². The summed E-state index contributed by atoms with van der Waals surface area (Å²) in [4.78, 5) is 35.8. The molecule has 0 spiro atoms. The number of nitrogens with zero attached hydrogens (tertiary/aromatic N) is 2. The number of aliphatic hydroxyl groups excluding tert-OH is 2. The molecule has 36 heavy (non-hydrogen) atoms. The highest BCUT2D eigenvalue weighted by atomic mass is 19.1. The Kier molecular flexibility index (Phi) is 13.9. The van der Waals surface area contributed by atoms with Gasteiger partial charge in [0.1, 0.15) is 11.5 Å². The Morgan fingerprint density at radius 3 is 2.50 bits per heavy atom. The number of hydrogen-bond acceptors (Lipinski definition) is 8. The molecule has 1 unspecified atom stereocenters. The normalized spacial score (nSPS) is 17.2. The maximum absolute atomic E-state index is 13.9. The molecule has 10 nitrogen and oxygen atoms in total. The van der Waals surface area contributed by atoms with Crippen molar-refractivity contribution in [2.75, 3.05) is 33.4 Å². The average molecular weight is 513 g/mol. The minimum absolute atomic E-state index is 0.0118. The maximum Gasteiger partial charge on any atom is 0.245 e. The predicted octanol–water partition coefficient (Wildman–Crippen LogP) is 1.90. The minimum atomic E-state index is -1.57. The molecule has 1 aliphatic rings. The number of aldehydes is 1. The molecule has 1 rings (SSSR count). The van der Waals surface area contributed by atoms with Gasteiger partial charge in [-0.15, -0.1) is 0 Å². The third-order valence-electron chi connectivity index (χ3n) is 5.35. The van der Waals surface area contributed by atoms with Crippen molar-refractivity contribution in [3.05, 3.63) is 59.7 Å². The van der Waals surface area contributed by atoms with Gasteiger partial charge < -0.3 is 20.3 Å². The van der Waals surface area contributed by atoms with Gasteiger partial charge in [0.25, 0.3) is 0 Å². The Morgan fingerprint density at radius 2 is 1.94 bits per heavy atom. The molecule has 0 bridgehead atoms. The van der Waals surface area contributed by atoms with Crippen LogP contribution in [0.1, 0.15) is 26.7 Å². The fourth-order valence-corrected chi connectivity index (χ4v) is 3.20. The minimum Gasteiger partial charge on any atom is -0.503 e. The number of hydrogen-bond donors (Lipinski definition) is 4. The van der Waals surface area contributed by atoms with Crippen molar-refractivity contribution in [3.63, 3.8) is 0 Å². The van der Waals surface area contributed by atoms with Crippen LogP contribution in [-0.4, -0.2) is 77.9 Å². The zero-order valence-electron chi connectivity index (χ0n) is 20.6. The highest BCUT2D eigenvalue weighted by Crippen LogP contribution is 2.18. The van der Waals surface area contributed by atoms with Crippen molar-refractivity contribution in [1.29, 1.82) is 0 Å². The van der Waals surface area contributed by atoms with Crippen LogP contribution >= 0.6 is 0 Å². The molecule has 4 N–H and O–H groups in total. The summed E-state index contributed by atoms with van der Waals surface area (Å²) in [6, 6.07) is 0. The fourth-order valence-electron chi connectivity index (χ4n) is 3.20. The van der Waals surface area contributed by atoms with Crippen LogP contribution in [0.25, 0.3) is 0 Å². The first-order valence-electron chi connectivity index (χ1n) is 11.3. The quantitative estimate of drug-likeness (QED) is 0.0735. The number of rotatable bonds is 13. The summed E-state index contributed by atoms with van der Waals surface area (Å²) >= 11 is 0. The molecule has 200 valence electrons. The average Bonchev–Trinajstić information content (AvgIpc) is 2.88. The molecule has 1 fully saturated rings. The van der Waals surface area contributed by atoms with Gasteiger partial charge in [0.15, 0.2) is 18.3 Å².